The van der Waals surface area contributed by atoms with Crippen LogP contribution in [0.1, 0.15) is 23.2 Å². The number of rotatable bonds is 6. The lowest BCUT2D eigenvalue weighted by Gasteiger charge is -2.19. The zero-order valence-corrected chi connectivity index (χ0v) is 15.9. The van der Waals surface area contributed by atoms with E-state index in [9.17, 15) is 14.0 Å². The highest BCUT2D eigenvalue weighted by molar-refractivity contribution is 5.95. The molecule has 3 amide bonds. The van der Waals surface area contributed by atoms with E-state index in [1.165, 1.54) is 17.0 Å². The van der Waals surface area contributed by atoms with E-state index < -0.39 is 0 Å². The third-order valence-electron chi connectivity index (χ3n) is 4.63. The van der Waals surface area contributed by atoms with E-state index in [0.717, 1.165) is 25.9 Å². The van der Waals surface area contributed by atoms with Gasteiger partial charge in [-0.25, -0.2) is 9.18 Å². The summed E-state index contributed by atoms with van der Waals surface area (Å²) in [6.45, 7) is 2.28. The fourth-order valence-electron chi connectivity index (χ4n) is 2.95. The number of ether oxygens (including phenoxy) is 1. The van der Waals surface area contributed by atoms with Crippen molar-refractivity contribution >= 4 is 17.6 Å². The van der Waals surface area contributed by atoms with E-state index in [-0.39, 0.29) is 17.8 Å². The Morgan fingerprint density at radius 1 is 1.07 bits per heavy atom. The average Bonchev–Trinajstić information content (AvgIpc) is 3.24. The summed E-state index contributed by atoms with van der Waals surface area (Å²) in [5.74, 6) is 0.260. The van der Waals surface area contributed by atoms with Gasteiger partial charge in [-0.3, -0.25) is 4.79 Å². The summed E-state index contributed by atoms with van der Waals surface area (Å²) in [5.41, 5.74) is 1.25. The fraction of sp³-hybridized carbons (Fsp3) is 0.333. The predicted octanol–water partition coefficient (Wildman–Crippen LogP) is 3.60. The number of carbonyl (C=O) groups excluding carboxylic acids is 2. The lowest BCUT2D eigenvalue weighted by molar-refractivity contribution is 0.0793. The molecule has 1 heterocycles. The second-order valence-corrected chi connectivity index (χ2v) is 6.73. The minimum absolute atomic E-state index is 0.0328. The second-order valence-electron chi connectivity index (χ2n) is 6.73. The molecular weight excluding hydrogens is 361 g/mol. The van der Waals surface area contributed by atoms with Crippen molar-refractivity contribution in [2.24, 2.45) is 0 Å². The van der Waals surface area contributed by atoms with Crippen LogP contribution in [0.3, 0.4) is 0 Å². The molecule has 2 aromatic carbocycles. The van der Waals surface area contributed by atoms with Crippen LogP contribution < -0.4 is 10.1 Å². The summed E-state index contributed by atoms with van der Waals surface area (Å²) in [7, 11) is 1.66. The lowest BCUT2D eigenvalue weighted by Crippen LogP contribution is -2.34. The number of nitrogens with zero attached hydrogens (tertiary/aromatic N) is 2. The summed E-state index contributed by atoms with van der Waals surface area (Å²) in [4.78, 5) is 27.9. The van der Waals surface area contributed by atoms with Crippen molar-refractivity contribution in [3.63, 3.8) is 0 Å². The van der Waals surface area contributed by atoms with Crippen LogP contribution in [0.25, 0.3) is 0 Å². The molecule has 2 aromatic rings. The number of urea groups is 1. The van der Waals surface area contributed by atoms with Gasteiger partial charge in [0, 0.05) is 31.4 Å². The first-order valence-corrected chi connectivity index (χ1v) is 9.33. The van der Waals surface area contributed by atoms with E-state index in [1.807, 2.05) is 4.90 Å². The normalized spacial score (nSPS) is 13.3. The van der Waals surface area contributed by atoms with E-state index >= 15 is 0 Å². The number of hydrogen-bond acceptors (Lipinski definition) is 3. The van der Waals surface area contributed by atoms with Gasteiger partial charge in [0.05, 0.1) is 6.54 Å². The number of likely N-dealkylation sites (tertiary alicyclic amines) is 1. The van der Waals surface area contributed by atoms with Crippen LogP contribution in [0.2, 0.25) is 0 Å². The highest BCUT2D eigenvalue weighted by Gasteiger charge is 2.19. The summed E-state index contributed by atoms with van der Waals surface area (Å²) >= 11 is 0. The monoisotopic (exact) mass is 385 g/mol. The molecule has 1 aliphatic heterocycles. The minimum Gasteiger partial charge on any atom is -0.492 e. The van der Waals surface area contributed by atoms with Crippen molar-refractivity contribution < 1.29 is 18.7 Å². The number of nitrogens with one attached hydrogen (secondary N) is 1. The molecule has 0 radical (unpaired) electrons. The van der Waals surface area contributed by atoms with E-state index in [1.54, 1.807) is 43.4 Å². The van der Waals surface area contributed by atoms with Crippen LogP contribution >= 0.6 is 0 Å². The highest BCUT2D eigenvalue weighted by Crippen LogP contribution is 2.16. The predicted molar refractivity (Wildman–Crippen MR) is 105 cm³/mol. The molecule has 28 heavy (non-hydrogen) atoms. The zero-order valence-electron chi connectivity index (χ0n) is 15.9. The first kappa shape index (κ1) is 19.7. The Bertz CT molecular complexity index is 803. The number of likely N-dealkylation sites (N-methyl/N-ethyl adjacent to an activating group) is 1. The van der Waals surface area contributed by atoms with Gasteiger partial charge in [0.15, 0.2) is 0 Å². The van der Waals surface area contributed by atoms with Crippen LogP contribution in [0.5, 0.6) is 5.75 Å². The Morgan fingerprint density at radius 3 is 2.36 bits per heavy atom. The Kier molecular flexibility index (Phi) is 6.47. The molecule has 0 spiro atoms. The van der Waals surface area contributed by atoms with Crippen LogP contribution in [-0.4, -0.2) is 55.0 Å². The van der Waals surface area contributed by atoms with Gasteiger partial charge in [0.1, 0.15) is 18.2 Å². The largest absolute Gasteiger partial charge is 0.492 e. The number of hydrogen-bond donors (Lipinski definition) is 1. The van der Waals surface area contributed by atoms with Crippen LogP contribution in [0.4, 0.5) is 14.9 Å². The summed E-state index contributed by atoms with van der Waals surface area (Å²) < 4.78 is 18.4. The van der Waals surface area contributed by atoms with Gasteiger partial charge in [-0.2, -0.15) is 0 Å². The molecule has 0 aliphatic carbocycles. The molecule has 1 N–H and O–H groups in total. The Balaban J connectivity index is 1.45. The molecular formula is C21H24FN3O3. The highest BCUT2D eigenvalue weighted by atomic mass is 19.1. The van der Waals surface area contributed by atoms with Crippen molar-refractivity contribution in [3.05, 3.63) is 59.9 Å². The molecule has 1 aliphatic rings. The fourth-order valence-corrected chi connectivity index (χ4v) is 2.95. The maximum atomic E-state index is 12.9. The van der Waals surface area contributed by atoms with E-state index in [4.69, 9.17) is 4.74 Å². The molecule has 7 heteroatoms. The lowest BCUT2D eigenvalue weighted by atomic mass is 10.2. The van der Waals surface area contributed by atoms with E-state index in [2.05, 4.69) is 5.32 Å². The molecule has 148 valence electrons. The maximum Gasteiger partial charge on any atom is 0.321 e. The smallest absolute Gasteiger partial charge is 0.321 e. The van der Waals surface area contributed by atoms with Crippen molar-refractivity contribution in [2.75, 3.05) is 38.6 Å². The molecule has 0 bridgehead atoms. The van der Waals surface area contributed by atoms with Gasteiger partial charge in [-0.15, -0.1) is 0 Å². The summed E-state index contributed by atoms with van der Waals surface area (Å²) in [6, 6.07) is 12.4. The number of amides is 3. The van der Waals surface area contributed by atoms with Crippen molar-refractivity contribution in [2.45, 2.75) is 12.8 Å². The first-order valence-electron chi connectivity index (χ1n) is 9.33. The van der Waals surface area contributed by atoms with Gasteiger partial charge in [0.25, 0.3) is 5.91 Å². The second kappa shape index (κ2) is 9.21. The Labute approximate surface area is 163 Å². The van der Waals surface area contributed by atoms with Crippen LogP contribution in [0, 0.1) is 5.82 Å². The average molecular weight is 385 g/mol. The SMILES string of the molecule is CN(CCOc1ccc(F)cc1)C(=O)Nc1ccc(C(=O)N2CCCC2)cc1. The van der Waals surface area contributed by atoms with Crippen molar-refractivity contribution in [3.8, 4) is 5.75 Å². The van der Waals surface area contributed by atoms with Crippen LogP contribution in [-0.2, 0) is 0 Å². The molecule has 6 nitrogen and oxygen atoms in total. The first-order chi connectivity index (χ1) is 13.5. The molecule has 1 saturated heterocycles. The summed E-state index contributed by atoms with van der Waals surface area (Å²) in [6.07, 6.45) is 2.11. The standard InChI is InChI=1S/C21H24FN3O3/c1-24(14-15-28-19-10-6-17(22)7-11-19)21(27)23-18-8-4-16(5-9-18)20(26)25-12-2-3-13-25/h4-11H,2-3,12-15H2,1H3,(H,23,27). The van der Waals surface area contributed by atoms with Gasteiger partial charge in [-0.1, -0.05) is 0 Å². The zero-order chi connectivity index (χ0) is 19.9. The Hall–Kier alpha value is -3.09. The molecule has 0 unspecified atom stereocenters. The van der Waals surface area contributed by atoms with Crippen molar-refractivity contribution in [1.29, 1.82) is 0 Å². The summed E-state index contributed by atoms with van der Waals surface area (Å²) in [5, 5.41) is 2.79. The number of carbonyl (C=O) groups is 2. The number of anilines is 1. The quantitative estimate of drug-likeness (QED) is 0.826. The molecule has 3 rings (SSSR count). The minimum atomic E-state index is -0.322. The third kappa shape index (κ3) is 5.22. The molecule has 0 atom stereocenters. The molecule has 0 aromatic heterocycles. The number of halogens is 1. The van der Waals surface area contributed by atoms with Gasteiger partial charge < -0.3 is 19.9 Å². The third-order valence-corrected chi connectivity index (χ3v) is 4.63. The van der Waals surface area contributed by atoms with Gasteiger partial charge in [0.2, 0.25) is 0 Å². The van der Waals surface area contributed by atoms with E-state index in [0.29, 0.717) is 30.2 Å². The van der Waals surface area contributed by atoms with Crippen LogP contribution in [0.15, 0.2) is 48.5 Å². The Morgan fingerprint density at radius 2 is 1.71 bits per heavy atom. The molecule has 1 fully saturated rings. The van der Waals surface area contributed by atoms with Crippen molar-refractivity contribution in [1.82, 2.24) is 9.80 Å². The molecule has 0 saturated carbocycles. The topological polar surface area (TPSA) is 61.9 Å². The van der Waals surface area contributed by atoms with Gasteiger partial charge in [-0.05, 0) is 61.4 Å². The van der Waals surface area contributed by atoms with Gasteiger partial charge >= 0.3 is 6.03 Å². The maximum absolute atomic E-state index is 12.9. The number of benzene rings is 2.